The lowest BCUT2D eigenvalue weighted by atomic mass is 9.88. The molecular formula is C17H30N2OS. The molecule has 21 heavy (non-hydrogen) atoms. The third kappa shape index (κ3) is 3.44. The molecule has 3 heterocycles. The van der Waals surface area contributed by atoms with Crippen LogP contribution in [0.15, 0.2) is 0 Å². The first kappa shape index (κ1) is 14.8. The molecule has 3 atom stereocenters. The van der Waals surface area contributed by atoms with Gasteiger partial charge in [-0.3, -0.25) is 4.90 Å². The van der Waals surface area contributed by atoms with E-state index in [-0.39, 0.29) is 5.60 Å². The van der Waals surface area contributed by atoms with Crippen molar-refractivity contribution in [3.05, 3.63) is 0 Å². The summed E-state index contributed by atoms with van der Waals surface area (Å²) in [5.41, 5.74) is 0.237. The lowest BCUT2D eigenvalue weighted by Gasteiger charge is -2.44. The first-order valence-corrected chi connectivity index (χ1v) is 10.2. The minimum Gasteiger partial charge on any atom is -0.374 e. The van der Waals surface area contributed by atoms with Gasteiger partial charge in [0.1, 0.15) is 0 Å². The quantitative estimate of drug-likeness (QED) is 0.863. The highest BCUT2D eigenvalue weighted by Gasteiger charge is 2.45. The van der Waals surface area contributed by atoms with E-state index in [0.29, 0.717) is 0 Å². The third-order valence-electron chi connectivity index (χ3n) is 5.86. The standard InChI is InChI=1S/C17H30N2OS/c1-2-8-18-14(3-1)12-19(15-4-5-15)16-6-9-20-17(11-16)7-10-21-13-17/h14-16,18H,1-13H2. The summed E-state index contributed by atoms with van der Waals surface area (Å²) in [6.45, 7) is 3.52. The van der Waals surface area contributed by atoms with Gasteiger partial charge >= 0.3 is 0 Å². The van der Waals surface area contributed by atoms with Gasteiger partial charge in [0.25, 0.3) is 0 Å². The Morgan fingerprint density at radius 3 is 2.81 bits per heavy atom. The maximum absolute atomic E-state index is 6.23. The first-order valence-electron chi connectivity index (χ1n) is 9.06. The van der Waals surface area contributed by atoms with Gasteiger partial charge in [0.2, 0.25) is 0 Å². The van der Waals surface area contributed by atoms with Crippen LogP contribution in [0.2, 0.25) is 0 Å². The minimum absolute atomic E-state index is 0.237. The van der Waals surface area contributed by atoms with Crippen molar-refractivity contribution in [3.8, 4) is 0 Å². The van der Waals surface area contributed by atoms with E-state index in [0.717, 1.165) is 24.7 Å². The van der Waals surface area contributed by atoms with Gasteiger partial charge in [-0.25, -0.2) is 0 Å². The molecule has 0 aromatic heterocycles. The summed E-state index contributed by atoms with van der Waals surface area (Å²) in [6.07, 6.45) is 10.9. The number of thioether (sulfide) groups is 1. The van der Waals surface area contributed by atoms with Crippen molar-refractivity contribution in [2.24, 2.45) is 0 Å². The number of rotatable bonds is 4. The zero-order valence-corrected chi connectivity index (χ0v) is 14.0. The Kier molecular flexibility index (Phi) is 4.50. The molecule has 0 bridgehead atoms. The fourth-order valence-corrected chi connectivity index (χ4v) is 5.86. The van der Waals surface area contributed by atoms with Gasteiger partial charge in [-0.05, 0) is 57.2 Å². The second-order valence-corrected chi connectivity index (χ2v) is 8.66. The zero-order chi connectivity index (χ0) is 14.1. The van der Waals surface area contributed by atoms with E-state index in [1.54, 1.807) is 0 Å². The molecular weight excluding hydrogens is 280 g/mol. The van der Waals surface area contributed by atoms with Crippen LogP contribution in [-0.2, 0) is 4.74 Å². The highest BCUT2D eigenvalue weighted by atomic mass is 32.2. The van der Waals surface area contributed by atoms with Crippen LogP contribution in [0.25, 0.3) is 0 Å². The Labute approximate surface area is 133 Å². The molecule has 1 saturated carbocycles. The van der Waals surface area contributed by atoms with Crippen molar-refractivity contribution in [2.45, 2.75) is 75.1 Å². The molecule has 0 amide bonds. The van der Waals surface area contributed by atoms with Gasteiger partial charge < -0.3 is 10.1 Å². The number of ether oxygens (including phenoxy) is 1. The lowest BCUT2D eigenvalue weighted by molar-refractivity contribution is -0.0919. The maximum Gasteiger partial charge on any atom is 0.0795 e. The van der Waals surface area contributed by atoms with Gasteiger partial charge in [-0.2, -0.15) is 11.8 Å². The molecule has 1 spiro atoms. The van der Waals surface area contributed by atoms with Gasteiger partial charge in [0, 0.05) is 37.0 Å². The molecule has 4 aliphatic rings. The van der Waals surface area contributed by atoms with Crippen LogP contribution >= 0.6 is 11.8 Å². The Morgan fingerprint density at radius 2 is 2.10 bits per heavy atom. The largest absolute Gasteiger partial charge is 0.374 e. The number of hydrogen-bond acceptors (Lipinski definition) is 4. The van der Waals surface area contributed by atoms with Crippen LogP contribution in [-0.4, -0.2) is 59.8 Å². The second kappa shape index (κ2) is 6.38. The van der Waals surface area contributed by atoms with E-state index in [9.17, 15) is 0 Å². The minimum atomic E-state index is 0.237. The maximum atomic E-state index is 6.23. The SMILES string of the molecule is C1CCC(CN(C2CC2)C2CCOC3(CCSC3)C2)NC1. The van der Waals surface area contributed by atoms with Crippen molar-refractivity contribution in [2.75, 3.05) is 31.2 Å². The number of hydrogen-bond donors (Lipinski definition) is 1. The highest BCUT2D eigenvalue weighted by Crippen LogP contribution is 2.42. The van der Waals surface area contributed by atoms with Crippen molar-refractivity contribution in [1.29, 1.82) is 0 Å². The Bertz CT molecular complexity index is 349. The van der Waals surface area contributed by atoms with E-state index in [4.69, 9.17) is 4.74 Å². The van der Waals surface area contributed by atoms with Crippen LogP contribution in [0.5, 0.6) is 0 Å². The number of nitrogens with zero attached hydrogens (tertiary/aromatic N) is 1. The molecule has 4 heteroatoms. The highest BCUT2D eigenvalue weighted by molar-refractivity contribution is 7.99. The Morgan fingerprint density at radius 1 is 1.14 bits per heavy atom. The topological polar surface area (TPSA) is 24.5 Å². The lowest BCUT2D eigenvalue weighted by Crippen LogP contribution is -2.53. The van der Waals surface area contributed by atoms with Gasteiger partial charge in [0.15, 0.2) is 0 Å². The molecule has 3 nitrogen and oxygen atoms in total. The fraction of sp³-hybridized carbons (Fsp3) is 1.00. The molecule has 1 N–H and O–H groups in total. The van der Waals surface area contributed by atoms with Crippen LogP contribution in [0.1, 0.15) is 51.4 Å². The normalized spacial score (nSPS) is 41.0. The number of nitrogens with one attached hydrogen (secondary N) is 1. The molecule has 4 rings (SSSR count). The van der Waals surface area contributed by atoms with Crippen molar-refractivity contribution in [3.63, 3.8) is 0 Å². The van der Waals surface area contributed by atoms with E-state index < -0.39 is 0 Å². The summed E-state index contributed by atoms with van der Waals surface area (Å²) in [6, 6.07) is 2.42. The predicted octanol–water partition coefficient (Wildman–Crippen LogP) is 2.65. The van der Waals surface area contributed by atoms with E-state index in [2.05, 4.69) is 22.0 Å². The Balaban J connectivity index is 1.40. The van der Waals surface area contributed by atoms with Gasteiger partial charge in [-0.1, -0.05) is 6.42 Å². The molecule has 0 radical (unpaired) electrons. The molecule has 3 saturated heterocycles. The molecule has 0 aromatic carbocycles. The van der Waals surface area contributed by atoms with Crippen LogP contribution in [0.3, 0.4) is 0 Å². The summed E-state index contributed by atoms with van der Waals surface area (Å²) in [4.78, 5) is 2.89. The van der Waals surface area contributed by atoms with Crippen LogP contribution in [0.4, 0.5) is 0 Å². The predicted molar refractivity (Wildman–Crippen MR) is 89.0 cm³/mol. The smallest absolute Gasteiger partial charge is 0.0795 e. The summed E-state index contributed by atoms with van der Waals surface area (Å²) in [5, 5.41) is 3.76. The van der Waals surface area contributed by atoms with Gasteiger partial charge in [0.05, 0.1) is 5.60 Å². The molecule has 4 fully saturated rings. The zero-order valence-electron chi connectivity index (χ0n) is 13.2. The monoisotopic (exact) mass is 310 g/mol. The average Bonchev–Trinajstić information content (AvgIpc) is 3.28. The summed E-state index contributed by atoms with van der Waals surface area (Å²) in [7, 11) is 0. The molecule has 3 aliphatic heterocycles. The van der Waals surface area contributed by atoms with Crippen molar-refractivity contribution in [1.82, 2.24) is 10.2 Å². The second-order valence-electron chi connectivity index (χ2n) is 7.56. The summed E-state index contributed by atoms with van der Waals surface area (Å²) < 4.78 is 6.23. The Hall–Kier alpha value is 0.230. The van der Waals surface area contributed by atoms with Gasteiger partial charge in [-0.15, -0.1) is 0 Å². The van der Waals surface area contributed by atoms with E-state index >= 15 is 0 Å². The van der Waals surface area contributed by atoms with Crippen molar-refractivity contribution >= 4 is 11.8 Å². The number of piperidine rings is 1. The van der Waals surface area contributed by atoms with Crippen LogP contribution in [0, 0.1) is 0 Å². The summed E-state index contributed by atoms with van der Waals surface area (Å²) >= 11 is 2.10. The third-order valence-corrected chi connectivity index (χ3v) is 7.09. The fourth-order valence-electron chi connectivity index (χ4n) is 4.49. The van der Waals surface area contributed by atoms with Crippen LogP contribution < -0.4 is 5.32 Å². The van der Waals surface area contributed by atoms with E-state index in [1.807, 2.05) is 0 Å². The average molecular weight is 311 g/mol. The molecule has 120 valence electrons. The first-order chi connectivity index (χ1) is 10.3. The van der Waals surface area contributed by atoms with Crippen molar-refractivity contribution < 1.29 is 4.74 Å². The van der Waals surface area contributed by atoms with E-state index in [1.165, 1.54) is 76.0 Å². The summed E-state index contributed by atoms with van der Waals surface area (Å²) in [5.74, 6) is 2.55. The molecule has 3 unspecified atom stereocenters. The molecule has 0 aromatic rings. The molecule has 1 aliphatic carbocycles.